The Morgan fingerprint density at radius 2 is 1.54 bits per heavy atom. The number of carbonyl (C=O) groups is 2. The van der Waals surface area contributed by atoms with E-state index in [9.17, 15) is 14.7 Å². The summed E-state index contributed by atoms with van der Waals surface area (Å²) in [7, 11) is 0. The van der Waals surface area contributed by atoms with Crippen LogP contribution in [-0.4, -0.2) is 23.5 Å². The van der Waals surface area contributed by atoms with Crippen molar-refractivity contribution in [3.8, 4) is 0 Å². The maximum Gasteiger partial charge on any atom is 0.345 e. The fourth-order valence-electron chi connectivity index (χ4n) is 2.90. The number of rotatable bonds is 14. The Bertz CT molecular complexity index is 496. The molecule has 0 bridgehead atoms. The van der Waals surface area contributed by atoms with E-state index in [1.807, 2.05) is 0 Å². The molecule has 1 fully saturated rings. The highest BCUT2D eigenvalue weighted by molar-refractivity contribution is 6.22. The highest BCUT2D eigenvalue weighted by Gasteiger charge is 2.31. The van der Waals surface area contributed by atoms with Crippen LogP contribution in [0.1, 0.15) is 84.0 Å². The Hall–Kier alpha value is -1.84. The van der Waals surface area contributed by atoms with Crippen molar-refractivity contribution in [3.05, 3.63) is 35.6 Å². The standard InChI is InChI=1S/C22H34O4/c1-2-3-4-5-6-7-8-9-10-11-12-13-14-15-16-17-19(23)21-20(24)18-26-22(21)25/h6-7,9-10,23H,2-5,8,11-18H2,1H3. The van der Waals surface area contributed by atoms with Gasteiger partial charge in [-0.25, -0.2) is 4.79 Å². The van der Waals surface area contributed by atoms with Crippen molar-refractivity contribution >= 4 is 11.8 Å². The monoisotopic (exact) mass is 362 g/mol. The SMILES string of the molecule is CCCCCC=CCC=CCCCCCCCC(O)=C1C(=O)COC1=O. The van der Waals surface area contributed by atoms with E-state index in [0.29, 0.717) is 6.42 Å². The summed E-state index contributed by atoms with van der Waals surface area (Å²) >= 11 is 0. The Kier molecular flexibility index (Phi) is 12.2. The van der Waals surface area contributed by atoms with E-state index in [0.717, 1.165) is 38.5 Å². The average Bonchev–Trinajstić information content (AvgIpc) is 2.96. The van der Waals surface area contributed by atoms with Crippen LogP contribution in [0, 0.1) is 0 Å². The molecule has 1 aliphatic rings. The van der Waals surface area contributed by atoms with Gasteiger partial charge >= 0.3 is 5.97 Å². The lowest BCUT2D eigenvalue weighted by Crippen LogP contribution is -2.05. The van der Waals surface area contributed by atoms with E-state index in [4.69, 9.17) is 0 Å². The van der Waals surface area contributed by atoms with Crippen molar-refractivity contribution in [1.29, 1.82) is 0 Å². The third kappa shape index (κ3) is 9.59. The molecule has 1 saturated heterocycles. The molecule has 1 N–H and O–H groups in total. The predicted octanol–water partition coefficient (Wildman–Crippen LogP) is 5.74. The number of esters is 1. The van der Waals surface area contributed by atoms with E-state index >= 15 is 0 Å². The molecule has 0 aromatic rings. The fraction of sp³-hybridized carbons (Fsp3) is 0.636. The Morgan fingerprint density at radius 3 is 2.15 bits per heavy atom. The van der Waals surface area contributed by atoms with Crippen LogP contribution in [0.15, 0.2) is 35.6 Å². The van der Waals surface area contributed by atoms with E-state index in [1.54, 1.807) is 0 Å². The van der Waals surface area contributed by atoms with E-state index in [2.05, 4.69) is 36.0 Å². The zero-order valence-corrected chi connectivity index (χ0v) is 16.2. The van der Waals surface area contributed by atoms with Crippen LogP contribution < -0.4 is 0 Å². The highest BCUT2D eigenvalue weighted by atomic mass is 16.5. The first-order chi connectivity index (χ1) is 12.7. The lowest BCUT2D eigenvalue weighted by molar-refractivity contribution is -0.135. The van der Waals surface area contributed by atoms with Crippen molar-refractivity contribution in [3.63, 3.8) is 0 Å². The maximum atomic E-state index is 11.4. The fourth-order valence-corrected chi connectivity index (χ4v) is 2.90. The summed E-state index contributed by atoms with van der Waals surface area (Å²) in [5.41, 5.74) is -0.144. The van der Waals surface area contributed by atoms with Gasteiger partial charge in [-0.3, -0.25) is 4.79 Å². The molecule has 4 heteroatoms. The normalized spacial score (nSPS) is 16.8. The molecule has 26 heavy (non-hydrogen) atoms. The van der Waals surface area contributed by atoms with Gasteiger partial charge in [0.1, 0.15) is 11.3 Å². The molecule has 1 heterocycles. The second-order valence-electron chi connectivity index (χ2n) is 6.80. The van der Waals surface area contributed by atoms with Gasteiger partial charge in [0, 0.05) is 6.42 Å². The van der Waals surface area contributed by atoms with Crippen LogP contribution in [0.2, 0.25) is 0 Å². The molecule has 0 amide bonds. The number of carbonyl (C=O) groups excluding carboxylic acids is 2. The summed E-state index contributed by atoms with van der Waals surface area (Å²) in [6.45, 7) is 1.99. The minimum atomic E-state index is -0.685. The van der Waals surface area contributed by atoms with E-state index < -0.39 is 11.8 Å². The first-order valence-corrected chi connectivity index (χ1v) is 10.1. The van der Waals surface area contributed by atoms with Crippen LogP contribution in [0.5, 0.6) is 0 Å². The quantitative estimate of drug-likeness (QED) is 0.107. The van der Waals surface area contributed by atoms with Crippen LogP contribution in [-0.2, 0) is 14.3 Å². The van der Waals surface area contributed by atoms with Crippen LogP contribution >= 0.6 is 0 Å². The third-order valence-electron chi connectivity index (χ3n) is 4.47. The lowest BCUT2D eigenvalue weighted by Gasteiger charge is -2.02. The van der Waals surface area contributed by atoms with Crippen LogP contribution in [0.4, 0.5) is 0 Å². The van der Waals surface area contributed by atoms with Crippen molar-refractivity contribution in [2.75, 3.05) is 6.61 Å². The Morgan fingerprint density at radius 1 is 0.923 bits per heavy atom. The van der Waals surface area contributed by atoms with Crippen LogP contribution in [0.3, 0.4) is 0 Å². The minimum Gasteiger partial charge on any atom is -0.511 e. The van der Waals surface area contributed by atoms with Gasteiger partial charge < -0.3 is 9.84 Å². The largest absolute Gasteiger partial charge is 0.511 e. The molecule has 0 aliphatic carbocycles. The van der Waals surface area contributed by atoms with Gasteiger partial charge in [0.15, 0.2) is 6.61 Å². The third-order valence-corrected chi connectivity index (χ3v) is 4.47. The molecule has 4 nitrogen and oxygen atoms in total. The van der Waals surface area contributed by atoms with Crippen LogP contribution in [0.25, 0.3) is 0 Å². The Labute approximate surface area is 158 Å². The second kappa shape index (κ2) is 14.3. The molecule has 0 aromatic carbocycles. The summed E-state index contributed by atoms with van der Waals surface area (Å²) in [5.74, 6) is -1.20. The molecule has 0 atom stereocenters. The molecular formula is C22H34O4. The Balaban J connectivity index is 1.96. The van der Waals surface area contributed by atoms with E-state index in [1.165, 1.54) is 32.1 Å². The maximum absolute atomic E-state index is 11.4. The zero-order chi connectivity index (χ0) is 19.0. The summed E-state index contributed by atoms with van der Waals surface area (Å²) in [5, 5.41) is 9.84. The predicted molar refractivity (Wildman–Crippen MR) is 105 cm³/mol. The van der Waals surface area contributed by atoms with Crippen molar-refractivity contribution in [1.82, 2.24) is 0 Å². The number of allylic oxidation sites excluding steroid dienone is 5. The molecule has 0 spiro atoms. The number of aliphatic hydroxyl groups is 1. The minimum absolute atomic E-state index is 0.108. The van der Waals surface area contributed by atoms with Crippen molar-refractivity contribution < 1.29 is 19.4 Å². The molecule has 1 rings (SSSR count). The number of aliphatic hydroxyl groups excluding tert-OH is 1. The van der Waals surface area contributed by atoms with Gasteiger partial charge in [-0.05, 0) is 38.5 Å². The van der Waals surface area contributed by atoms with Gasteiger partial charge in [-0.1, -0.05) is 63.3 Å². The number of hydrogen-bond donors (Lipinski definition) is 1. The molecular weight excluding hydrogens is 328 g/mol. The average molecular weight is 363 g/mol. The number of Topliss-reactive ketones (excluding diaryl/α,β-unsaturated/α-hetero) is 1. The molecule has 0 radical (unpaired) electrons. The van der Waals surface area contributed by atoms with Crippen molar-refractivity contribution in [2.45, 2.75) is 84.0 Å². The topological polar surface area (TPSA) is 63.6 Å². The molecule has 146 valence electrons. The molecule has 0 aromatic heterocycles. The lowest BCUT2D eigenvalue weighted by atomic mass is 10.1. The number of ketones is 1. The van der Waals surface area contributed by atoms with Gasteiger partial charge in [0.05, 0.1) is 0 Å². The number of ether oxygens (including phenoxy) is 1. The van der Waals surface area contributed by atoms with Gasteiger partial charge in [0.25, 0.3) is 0 Å². The van der Waals surface area contributed by atoms with Gasteiger partial charge in [-0.2, -0.15) is 0 Å². The number of hydrogen-bond acceptors (Lipinski definition) is 4. The molecule has 1 aliphatic heterocycles. The zero-order valence-electron chi connectivity index (χ0n) is 16.2. The number of cyclic esters (lactones) is 1. The summed E-state index contributed by atoms with van der Waals surface area (Å²) in [6.07, 6.45) is 21.8. The smallest absolute Gasteiger partial charge is 0.345 e. The summed E-state index contributed by atoms with van der Waals surface area (Å²) in [6, 6.07) is 0. The van der Waals surface area contributed by atoms with E-state index in [-0.39, 0.29) is 17.9 Å². The molecule has 0 unspecified atom stereocenters. The second-order valence-corrected chi connectivity index (χ2v) is 6.80. The van der Waals surface area contributed by atoms with Gasteiger partial charge in [-0.15, -0.1) is 0 Å². The first-order valence-electron chi connectivity index (χ1n) is 10.1. The first kappa shape index (κ1) is 22.2. The van der Waals surface area contributed by atoms with Crippen molar-refractivity contribution in [2.24, 2.45) is 0 Å². The van der Waals surface area contributed by atoms with Gasteiger partial charge in [0.2, 0.25) is 5.78 Å². The summed E-state index contributed by atoms with van der Waals surface area (Å²) in [4.78, 5) is 22.7. The number of unbranched alkanes of at least 4 members (excludes halogenated alkanes) is 8. The molecule has 0 saturated carbocycles. The highest BCUT2D eigenvalue weighted by Crippen LogP contribution is 2.18. The summed E-state index contributed by atoms with van der Waals surface area (Å²) < 4.78 is 4.61.